The summed E-state index contributed by atoms with van der Waals surface area (Å²) in [7, 11) is 11.6. The number of nitrogens with zero attached hydrogens (tertiary/aromatic N) is 2. The minimum Gasteiger partial charge on any atom is -0.254 e. The Kier molecular flexibility index (Phi) is 15.5. The monoisotopic (exact) mass is 823 g/mol. The fourth-order valence-electron chi connectivity index (χ4n) is 8.59. The summed E-state index contributed by atoms with van der Waals surface area (Å²) in [6.07, 6.45) is 27.4. The van der Waals surface area contributed by atoms with Gasteiger partial charge in [0.1, 0.15) is 0 Å². The Hall–Kier alpha value is -2.46. The van der Waals surface area contributed by atoms with Crippen LogP contribution in [0.5, 0.6) is 0 Å². The van der Waals surface area contributed by atoms with Gasteiger partial charge in [-0.15, -0.1) is 0 Å². The van der Waals surface area contributed by atoms with Crippen molar-refractivity contribution in [3.8, 4) is 0 Å². The number of hydrogen-bond acceptors (Lipinski definition) is 2. The average molecular weight is 824 g/mol. The summed E-state index contributed by atoms with van der Waals surface area (Å²) in [5.41, 5.74) is 11.9. The maximum atomic E-state index is 5.82. The molecular formula is C45H52Cl2N2PRu+. The molecule has 0 N–H and O–H groups in total. The van der Waals surface area contributed by atoms with Crippen LogP contribution in [0.1, 0.15) is 107 Å². The smallest absolute Gasteiger partial charge is 0.0964 e. The van der Waals surface area contributed by atoms with Gasteiger partial charge >= 0.3 is 120 Å². The summed E-state index contributed by atoms with van der Waals surface area (Å²) >= 11 is -1.95. The van der Waals surface area contributed by atoms with Crippen molar-refractivity contribution >= 4 is 58.9 Å². The molecule has 6 heteroatoms. The molecule has 0 aliphatic heterocycles. The first-order chi connectivity index (χ1) is 25.2. The second kappa shape index (κ2) is 20.7. The summed E-state index contributed by atoms with van der Waals surface area (Å²) in [6.45, 7) is 0. The molecule has 0 bridgehead atoms. The molecule has 0 unspecified atom stereocenters. The fourth-order valence-corrected chi connectivity index (χ4v) is 14.6. The number of hydrogen-bond donors (Lipinski definition) is 0. The Labute approximate surface area is 320 Å². The predicted octanol–water partition coefficient (Wildman–Crippen LogP) is 13.6. The third kappa shape index (κ3) is 11.3. The van der Waals surface area contributed by atoms with Gasteiger partial charge in [-0.05, 0) is 89.2 Å². The zero-order valence-electron chi connectivity index (χ0n) is 29.7. The number of aromatic nitrogens is 2. The maximum absolute atomic E-state index is 5.82. The second-order valence-electron chi connectivity index (χ2n) is 14.2. The van der Waals surface area contributed by atoms with Crippen LogP contribution in [0, 0.1) is 0 Å². The molecule has 51 heavy (non-hydrogen) atoms. The van der Waals surface area contributed by atoms with Gasteiger partial charge in [-0.3, -0.25) is 9.97 Å². The van der Waals surface area contributed by atoms with Gasteiger partial charge in [0, 0.05) is 31.1 Å². The van der Waals surface area contributed by atoms with E-state index in [9.17, 15) is 0 Å². The molecule has 2 aromatic heterocycles. The minimum atomic E-state index is -1.95. The first kappa shape index (κ1) is 38.3. The van der Waals surface area contributed by atoms with Crippen LogP contribution in [-0.2, 0) is 13.5 Å². The van der Waals surface area contributed by atoms with Crippen molar-refractivity contribution in [2.45, 2.75) is 113 Å². The molecule has 0 amide bonds. The summed E-state index contributed by atoms with van der Waals surface area (Å²) < 4.78 is 2.93. The third-order valence-corrected chi connectivity index (χ3v) is 16.8. The van der Waals surface area contributed by atoms with E-state index in [1.54, 1.807) is 109 Å². The van der Waals surface area contributed by atoms with Gasteiger partial charge in [0.2, 0.25) is 0 Å². The maximum Gasteiger partial charge on any atom is 0.0964 e. The molecule has 268 valence electrons. The number of rotatable bonds is 5. The molecule has 2 heterocycles. The van der Waals surface area contributed by atoms with Gasteiger partial charge in [-0.2, -0.15) is 0 Å². The van der Waals surface area contributed by atoms with Crippen LogP contribution in [-0.4, -0.2) is 31.2 Å². The topological polar surface area (TPSA) is 25.8 Å². The second-order valence-corrected chi connectivity index (χ2v) is 23.0. The minimum absolute atomic E-state index is 0.0465. The van der Waals surface area contributed by atoms with E-state index in [1.807, 2.05) is 72.8 Å². The Bertz CT molecular complexity index is 1760. The Morgan fingerprint density at radius 2 is 0.902 bits per heavy atom. The summed E-state index contributed by atoms with van der Waals surface area (Å²) in [5.74, 6) is 0. The molecule has 0 saturated heterocycles. The van der Waals surface area contributed by atoms with Crippen molar-refractivity contribution in [1.29, 1.82) is 0 Å². The van der Waals surface area contributed by atoms with E-state index < -0.39 is 13.5 Å². The van der Waals surface area contributed by atoms with Crippen molar-refractivity contribution in [2.75, 3.05) is 0 Å². The average Bonchev–Trinajstić information content (AvgIpc) is 3.20. The Morgan fingerprint density at radius 1 is 0.510 bits per heavy atom. The van der Waals surface area contributed by atoms with Crippen LogP contribution in [0.15, 0.2) is 115 Å². The van der Waals surface area contributed by atoms with Crippen molar-refractivity contribution in [2.24, 2.45) is 0 Å². The molecule has 5 aromatic rings. The van der Waals surface area contributed by atoms with Crippen molar-refractivity contribution in [3.63, 3.8) is 0 Å². The standard InChI is InChI=1S/C18H33P.C15H10.C12H8N2.2ClH.Ru/c1-4-10-16(11-5-1)19(17-12-6-2-7-13-17)18-14-8-3-9-15-18;1-2-15(13-9-5-3-6-10-13)14-11-7-4-8-12-14;1-3-9-5-6-10-4-2-8-14-12(10)11(9)13-7-1;;;/h16-18H,1-15H2;3-12H;1-8H;2*1H;/q;;;;;+2/p-1. The Balaban J connectivity index is 0.000000133. The van der Waals surface area contributed by atoms with Crippen LogP contribution in [0.4, 0.5) is 0 Å². The van der Waals surface area contributed by atoms with E-state index in [0.29, 0.717) is 0 Å². The van der Waals surface area contributed by atoms with Crippen LogP contribution >= 0.6 is 27.3 Å². The largest absolute Gasteiger partial charge is 0.254 e. The summed E-state index contributed by atoms with van der Waals surface area (Å²) in [5, 5.41) is 2.28. The molecule has 3 aromatic carbocycles. The summed E-state index contributed by atoms with van der Waals surface area (Å²) in [6, 6.07) is 32.3. The van der Waals surface area contributed by atoms with E-state index in [-0.39, 0.29) is 7.92 Å². The molecule has 0 atom stereocenters. The number of halogens is 2. The zero-order valence-corrected chi connectivity index (χ0v) is 34.0. The Morgan fingerprint density at radius 3 is 1.27 bits per heavy atom. The van der Waals surface area contributed by atoms with Crippen molar-refractivity contribution < 1.29 is 13.5 Å². The van der Waals surface area contributed by atoms with Crippen molar-refractivity contribution in [3.05, 3.63) is 126 Å². The van der Waals surface area contributed by atoms with Gasteiger partial charge in [0.05, 0.1) is 28.0 Å². The molecule has 0 spiro atoms. The van der Waals surface area contributed by atoms with Crippen LogP contribution in [0.2, 0.25) is 0 Å². The number of pyridine rings is 2. The van der Waals surface area contributed by atoms with Crippen LogP contribution in [0.25, 0.3) is 27.4 Å². The fraction of sp³-hybridized carbons (Fsp3) is 0.400. The number of fused-ring (bicyclic) bond motifs is 3. The van der Waals surface area contributed by atoms with E-state index >= 15 is 0 Å². The van der Waals surface area contributed by atoms with Crippen LogP contribution in [0.3, 0.4) is 0 Å². The quantitative estimate of drug-likeness (QED) is 0.0764. The SMILES string of the molecule is C1CCC([PH+](C2CCCCC2)C2CCCCC2)CC1.[Cl][Ru]([Cl])=[C]=C=C(c1ccccc1)c1ccccc1.c1cnc2c(c1)ccc1cccnc12. The molecule has 3 aliphatic rings. The van der Waals surface area contributed by atoms with E-state index in [4.69, 9.17) is 19.4 Å². The third-order valence-electron chi connectivity index (χ3n) is 10.9. The normalized spacial score (nSPS) is 17.4. The molecule has 0 radical (unpaired) electrons. The summed E-state index contributed by atoms with van der Waals surface area (Å²) in [4.78, 5) is 8.69. The predicted molar refractivity (Wildman–Crippen MR) is 222 cm³/mol. The molecule has 8 rings (SSSR count). The number of benzene rings is 3. The van der Waals surface area contributed by atoms with E-state index in [2.05, 4.69) is 44.2 Å². The molecule has 2 nitrogen and oxygen atoms in total. The van der Waals surface area contributed by atoms with E-state index in [1.165, 1.54) is 17.0 Å². The molecule has 3 saturated carbocycles. The molecule has 3 fully saturated rings. The van der Waals surface area contributed by atoms with Gasteiger partial charge in [0.15, 0.2) is 0 Å². The first-order valence-electron chi connectivity index (χ1n) is 19.1. The zero-order chi connectivity index (χ0) is 35.1. The van der Waals surface area contributed by atoms with Gasteiger partial charge in [-0.25, -0.2) is 0 Å². The van der Waals surface area contributed by atoms with E-state index in [0.717, 1.165) is 38.5 Å². The van der Waals surface area contributed by atoms with Gasteiger partial charge < -0.3 is 0 Å². The van der Waals surface area contributed by atoms with Crippen molar-refractivity contribution in [1.82, 2.24) is 9.97 Å². The van der Waals surface area contributed by atoms with Gasteiger partial charge in [-0.1, -0.05) is 43.5 Å². The first-order valence-corrected chi connectivity index (χ1v) is 26.2. The van der Waals surface area contributed by atoms with Crippen LogP contribution < -0.4 is 0 Å². The molecular weight excluding hydrogens is 771 g/mol. The van der Waals surface area contributed by atoms with Gasteiger partial charge in [0.25, 0.3) is 0 Å². The molecule has 3 aliphatic carbocycles.